The Kier molecular flexibility index (Phi) is 3.87. The van der Waals surface area contributed by atoms with Crippen molar-refractivity contribution >= 4 is 44.9 Å². The van der Waals surface area contributed by atoms with E-state index in [4.69, 9.17) is 16.3 Å². The zero-order chi connectivity index (χ0) is 15.0. The first kappa shape index (κ1) is 14.4. The molecule has 1 atom stereocenters. The number of carbonyl (C=O) groups is 2. The van der Waals surface area contributed by atoms with Gasteiger partial charge in [0.05, 0.1) is 5.02 Å². The van der Waals surface area contributed by atoms with Crippen molar-refractivity contribution in [2.75, 3.05) is 0 Å². The average Bonchev–Trinajstić information content (AvgIpc) is 3.21. The van der Waals surface area contributed by atoms with Gasteiger partial charge in [0.1, 0.15) is 4.88 Å². The molecule has 1 heterocycles. The van der Waals surface area contributed by atoms with E-state index in [9.17, 15) is 9.59 Å². The monoisotopic (exact) mass is 323 g/mol. The van der Waals surface area contributed by atoms with Gasteiger partial charge in [-0.3, -0.25) is 4.79 Å². The van der Waals surface area contributed by atoms with Gasteiger partial charge in [-0.2, -0.15) is 0 Å². The zero-order valence-corrected chi connectivity index (χ0v) is 13.0. The van der Waals surface area contributed by atoms with Crippen molar-refractivity contribution in [1.82, 2.24) is 5.32 Å². The van der Waals surface area contributed by atoms with Crippen LogP contribution in [0.5, 0.6) is 0 Å². The highest BCUT2D eigenvalue weighted by Crippen LogP contribution is 2.35. The Labute approximate surface area is 131 Å². The summed E-state index contributed by atoms with van der Waals surface area (Å²) in [6.45, 7) is 1.57. The second-order valence-electron chi connectivity index (χ2n) is 5.07. The SMILES string of the molecule is C[C@H](OC(=O)c1sc2ccccc2c1Cl)C(=O)NC1CC1. The van der Waals surface area contributed by atoms with Gasteiger partial charge in [0.2, 0.25) is 0 Å². The summed E-state index contributed by atoms with van der Waals surface area (Å²) in [6, 6.07) is 7.74. The smallest absolute Gasteiger partial charge is 0.350 e. The summed E-state index contributed by atoms with van der Waals surface area (Å²) in [5.74, 6) is -0.817. The number of rotatable bonds is 4. The molecule has 0 spiro atoms. The minimum Gasteiger partial charge on any atom is -0.448 e. The van der Waals surface area contributed by atoms with Crippen LogP contribution < -0.4 is 5.32 Å². The van der Waals surface area contributed by atoms with E-state index in [0.717, 1.165) is 22.9 Å². The molecule has 2 aromatic rings. The van der Waals surface area contributed by atoms with Crippen LogP contribution >= 0.6 is 22.9 Å². The number of halogens is 1. The Morgan fingerprint density at radius 3 is 2.76 bits per heavy atom. The van der Waals surface area contributed by atoms with Gasteiger partial charge < -0.3 is 10.1 Å². The minimum absolute atomic E-state index is 0.242. The largest absolute Gasteiger partial charge is 0.448 e. The van der Waals surface area contributed by atoms with Crippen molar-refractivity contribution in [3.05, 3.63) is 34.2 Å². The number of amides is 1. The third-order valence-electron chi connectivity index (χ3n) is 3.30. The van der Waals surface area contributed by atoms with Crippen molar-refractivity contribution < 1.29 is 14.3 Å². The highest BCUT2D eigenvalue weighted by molar-refractivity contribution is 7.21. The van der Waals surface area contributed by atoms with Crippen LogP contribution in [0, 0.1) is 0 Å². The van der Waals surface area contributed by atoms with Gasteiger partial charge >= 0.3 is 5.97 Å². The standard InChI is InChI=1S/C15H14ClNO3S/c1-8(14(18)17-9-6-7-9)20-15(19)13-12(16)10-4-2-3-5-11(10)21-13/h2-5,8-9H,6-7H2,1H3,(H,17,18)/t8-/m0/s1. The van der Waals surface area contributed by atoms with Gasteiger partial charge in [0.25, 0.3) is 5.91 Å². The number of hydrogen-bond acceptors (Lipinski definition) is 4. The van der Waals surface area contributed by atoms with E-state index in [1.807, 2.05) is 24.3 Å². The van der Waals surface area contributed by atoms with E-state index in [0.29, 0.717) is 9.90 Å². The number of carbonyl (C=O) groups excluding carboxylic acids is 2. The van der Waals surface area contributed by atoms with Crippen LogP contribution in [-0.4, -0.2) is 24.0 Å². The molecule has 1 aromatic carbocycles. The van der Waals surface area contributed by atoms with Crippen LogP contribution in [0.25, 0.3) is 10.1 Å². The molecule has 1 N–H and O–H groups in total. The predicted octanol–water partition coefficient (Wildman–Crippen LogP) is 3.38. The summed E-state index contributed by atoms with van der Waals surface area (Å²) in [6.07, 6.45) is 1.17. The fourth-order valence-corrected chi connectivity index (χ4v) is 3.35. The lowest BCUT2D eigenvalue weighted by molar-refractivity contribution is -0.129. The third kappa shape index (κ3) is 3.04. The Hall–Kier alpha value is -1.59. The first-order chi connectivity index (χ1) is 10.1. The molecule has 4 nitrogen and oxygen atoms in total. The first-order valence-corrected chi connectivity index (χ1v) is 7.94. The lowest BCUT2D eigenvalue weighted by Gasteiger charge is -2.12. The fraction of sp³-hybridized carbons (Fsp3) is 0.333. The molecule has 0 radical (unpaired) electrons. The van der Waals surface area contributed by atoms with E-state index in [1.165, 1.54) is 11.3 Å². The maximum atomic E-state index is 12.2. The van der Waals surface area contributed by atoms with Crippen LogP contribution in [0.15, 0.2) is 24.3 Å². The number of esters is 1. The molecule has 1 aliphatic carbocycles. The van der Waals surface area contributed by atoms with Crippen LogP contribution in [-0.2, 0) is 9.53 Å². The summed E-state index contributed by atoms with van der Waals surface area (Å²) in [4.78, 5) is 24.3. The molecule has 6 heteroatoms. The van der Waals surface area contributed by atoms with Crippen LogP contribution in [0.2, 0.25) is 5.02 Å². The zero-order valence-electron chi connectivity index (χ0n) is 11.4. The summed E-state index contributed by atoms with van der Waals surface area (Å²) < 4.78 is 6.13. The Morgan fingerprint density at radius 1 is 1.38 bits per heavy atom. The molecule has 3 rings (SSSR count). The molecule has 0 saturated heterocycles. The number of thiophene rings is 1. The van der Waals surface area contributed by atoms with Crippen LogP contribution in [0.4, 0.5) is 0 Å². The number of fused-ring (bicyclic) bond motifs is 1. The Bertz CT molecular complexity index is 708. The van der Waals surface area contributed by atoms with E-state index in [2.05, 4.69) is 5.32 Å². The van der Waals surface area contributed by atoms with E-state index in [-0.39, 0.29) is 11.9 Å². The molecule has 1 aliphatic rings. The Balaban J connectivity index is 1.74. The van der Waals surface area contributed by atoms with Crippen molar-refractivity contribution in [3.8, 4) is 0 Å². The second-order valence-corrected chi connectivity index (χ2v) is 6.50. The predicted molar refractivity (Wildman–Crippen MR) is 82.9 cm³/mol. The van der Waals surface area contributed by atoms with E-state index >= 15 is 0 Å². The van der Waals surface area contributed by atoms with Gasteiger partial charge in [-0.25, -0.2) is 4.79 Å². The highest BCUT2D eigenvalue weighted by Gasteiger charge is 2.28. The minimum atomic E-state index is -0.820. The molecular weight excluding hydrogens is 310 g/mol. The maximum absolute atomic E-state index is 12.2. The molecule has 110 valence electrons. The summed E-state index contributed by atoms with van der Waals surface area (Å²) in [5.41, 5.74) is 0. The number of benzene rings is 1. The number of hydrogen-bond donors (Lipinski definition) is 1. The van der Waals surface area contributed by atoms with Gasteiger partial charge in [0.15, 0.2) is 6.10 Å². The lowest BCUT2D eigenvalue weighted by Crippen LogP contribution is -2.36. The van der Waals surface area contributed by atoms with Crippen molar-refractivity contribution in [2.45, 2.75) is 31.9 Å². The molecule has 1 aromatic heterocycles. The van der Waals surface area contributed by atoms with Crippen molar-refractivity contribution in [2.24, 2.45) is 0 Å². The maximum Gasteiger partial charge on any atom is 0.350 e. The molecular formula is C15H14ClNO3S. The van der Waals surface area contributed by atoms with Gasteiger partial charge in [0, 0.05) is 16.1 Å². The average molecular weight is 324 g/mol. The molecule has 1 saturated carbocycles. The fourth-order valence-electron chi connectivity index (χ4n) is 1.96. The van der Waals surface area contributed by atoms with Gasteiger partial charge in [-0.15, -0.1) is 11.3 Å². The van der Waals surface area contributed by atoms with Crippen LogP contribution in [0.1, 0.15) is 29.4 Å². The summed E-state index contributed by atoms with van der Waals surface area (Å²) in [7, 11) is 0. The highest BCUT2D eigenvalue weighted by atomic mass is 35.5. The molecule has 1 fully saturated rings. The lowest BCUT2D eigenvalue weighted by atomic mass is 10.2. The third-order valence-corrected chi connectivity index (χ3v) is 4.95. The topological polar surface area (TPSA) is 55.4 Å². The van der Waals surface area contributed by atoms with Crippen LogP contribution in [0.3, 0.4) is 0 Å². The van der Waals surface area contributed by atoms with E-state index in [1.54, 1.807) is 6.92 Å². The first-order valence-electron chi connectivity index (χ1n) is 6.74. The summed E-state index contributed by atoms with van der Waals surface area (Å²) in [5, 5.41) is 4.02. The number of ether oxygens (including phenoxy) is 1. The second kappa shape index (κ2) is 5.66. The molecule has 0 aliphatic heterocycles. The number of nitrogens with one attached hydrogen (secondary N) is 1. The normalized spacial score (nSPS) is 15.7. The quantitative estimate of drug-likeness (QED) is 0.878. The molecule has 21 heavy (non-hydrogen) atoms. The molecule has 0 bridgehead atoms. The van der Waals surface area contributed by atoms with E-state index < -0.39 is 12.1 Å². The molecule has 1 amide bonds. The van der Waals surface area contributed by atoms with Crippen molar-refractivity contribution in [1.29, 1.82) is 0 Å². The van der Waals surface area contributed by atoms with Gasteiger partial charge in [-0.05, 0) is 25.8 Å². The summed E-state index contributed by atoms with van der Waals surface area (Å²) >= 11 is 7.49. The van der Waals surface area contributed by atoms with Gasteiger partial charge in [-0.1, -0.05) is 29.8 Å². The molecule has 0 unspecified atom stereocenters. The van der Waals surface area contributed by atoms with Crippen molar-refractivity contribution in [3.63, 3.8) is 0 Å². The Morgan fingerprint density at radius 2 is 2.10 bits per heavy atom.